The van der Waals surface area contributed by atoms with Crippen LogP contribution in [-0.4, -0.2) is 26.9 Å². The van der Waals surface area contributed by atoms with Crippen LogP contribution in [0.3, 0.4) is 0 Å². The van der Waals surface area contributed by atoms with Crippen molar-refractivity contribution in [2.75, 3.05) is 6.54 Å². The second-order valence-electron chi connectivity index (χ2n) is 8.77. The van der Waals surface area contributed by atoms with Gasteiger partial charge in [0, 0.05) is 18.7 Å². The van der Waals surface area contributed by atoms with E-state index in [1.165, 1.54) is 17.0 Å². The minimum absolute atomic E-state index is 0.0135. The number of rotatable bonds is 6. The zero-order chi connectivity index (χ0) is 23.0. The molecule has 1 aromatic heterocycles. The van der Waals surface area contributed by atoms with E-state index < -0.39 is 34.7 Å². The van der Waals surface area contributed by atoms with Gasteiger partial charge in [-0.2, -0.15) is 0 Å². The Morgan fingerprint density at radius 2 is 1.78 bits per heavy atom. The minimum atomic E-state index is -1.50. The van der Waals surface area contributed by atoms with Crippen molar-refractivity contribution in [3.63, 3.8) is 0 Å². The SMILES string of the molecule is CC(C)CN(Cc1nc2cc(F)ccc2n1C1CCCC1)C(=O)c1c(F)ccc(F)c1F. The number of aromatic nitrogens is 2. The summed E-state index contributed by atoms with van der Waals surface area (Å²) in [7, 11) is 0. The lowest BCUT2D eigenvalue weighted by Gasteiger charge is -2.26. The van der Waals surface area contributed by atoms with Crippen LogP contribution in [0.25, 0.3) is 11.0 Å². The van der Waals surface area contributed by atoms with Crippen molar-refractivity contribution in [3.05, 3.63) is 65.0 Å². The quantitative estimate of drug-likeness (QED) is 0.343. The number of hydrogen-bond acceptors (Lipinski definition) is 2. The number of fused-ring (bicyclic) bond motifs is 1. The Kier molecular flexibility index (Phi) is 6.22. The third kappa shape index (κ3) is 4.23. The summed E-state index contributed by atoms with van der Waals surface area (Å²) in [4.78, 5) is 19.0. The summed E-state index contributed by atoms with van der Waals surface area (Å²) in [6.07, 6.45) is 3.97. The van der Waals surface area contributed by atoms with E-state index in [0.29, 0.717) is 17.4 Å². The third-order valence-electron chi connectivity index (χ3n) is 5.88. The van der Waals surface area contributed by atoms with Gasteiger partial charge in [-0.05, 0) is 43.0 Å². The molecule has 1 fully saturated rings. The average molecular weight is 447 g/mol. The van der Waals surface area contributed by atoms with Crippen LogP contribution in [-0.2, 0) is 6.54 Å². The number of carbonyl (C=O) groups excluding carboxylic acids is 1. The van der Waals surface area contributed by atoms with Crippen LogP contribution >= 0.6 is 0 Å². The van der Waals surface area contributed by atoms with Gasteiger partial charge >= 0.3 is 0 Å². The lowest BCUT2D eigenvalue weighted by atomic mass is 10.1. The van der Waals surface area contributed by atoms with E-state index in [1.807, 2.05) is 18.4 Å². The average Bonchev–Trinajstić information content (AvgIpc) is 3.37. The standard InChI is InChI=1S/C24H25F4N3O/c1-14(2)12-30(24(32)22-17(26)8-9-18(27)23(22)28)13-21-29-19-11-15(25)7-10-20(19)31(21)16-5-3-4-6-16/h7-11,14,16H,3-6,12-13H2,1-2H3. The highest BCUT2D eigenvalue weighted by Gasteiger charge is 2.29. The van der Waals surface area contributed by atoms with E-state index in [4.69, 9.17) is 0 Å². The summed E-state index contributed by atoms with van der Waals surface area (Å²) in [6.45, 7) is 3.90. The molecule has 0 atom stereocenters. The minimum Gasteiger partial charge on any atom is -0.331 e. The Morgan fingerprint density at radius 3 is 2.47 bits per heavy atom. The molecule has 1 saturated carbocycles. The molecule has 1 aliphatic carbocycles. The van der Waals surface area contributed by atoms with Crippen LogP contribution in [0.5, 0.6) is 0 Å². The summed E-state index contributed by atoms with van der Waals surface area (Å²) in [6, 6.07) is 5.93. The number of halogens is 4. The maximum atomic E-state index is 14.4. The number of nitrogens with zero attached hydrogens (tertiary/aromatic N) is 3. The first-order valence-electron chi connectivity index (χ1n) is 10.9. The van der Waals surface area contributed by atoms with E-state index in [2.05, 4.69) is 4.98 Å². The van der Waals surface area contributed by atoms with E-state index in [1.54, 1.807) is 6.07 Å². The Hall–Kier alpha value is -2.90. The molecule has 32 heavy (non-hydrogen) atoms. The molecule has 1 amide bonds. The number of imidazole rings is 1. The summed E-state index contributed by atoms with van der Waals surface area (Å²) < 4.78 is 58.3. The third-order valence-corrected chi connectivity index (χ3v) is 5.88. The lowest BCUT2D eigenvalue weighted by molar-refractivity contribution is 0.0704. The molecule has 1 aliphatic rings. The van der Waals surface area contributed by atoms with Crippen molar-refractivity contribution in [3.8, 4) is 0 Å². The first-order valence-corrected chi connectivity index (χ1v) is 10.9. The number of hydrogen-bond donors (Lipinski definition) is 0. The Bertz CT molecular complexity index is 1150. The van der Waals surface area contributed by atoms with E-state index in [9.17, 15) is 22.4 Å². The van der Waals surface area contributed by atoms with Crippen molar-refractivity contribution in [1.82, 2.24) is 14.5 Å². The van der Waals surface area contributed by atoms with E-state index in [-0.39, 0.29) is 25.0 Å². The van der Waals surface area contributed by atoms with Crippen LogP contribution in [0.1, 0.15) is 61.8 Å². The second kappa shape index (κ2) is 8.92. The highest BCUT2D eigenvalue weighted by Crippen LogP contribution is 2.34. The summed E-state index contributed by atoms with van der Waals surface area (Å²) in [5, 5.41) is 0. The Labute approximate surface area is 183 Å². The normalized spacial score (nSPS) is 14.6. The fourth-order valence-corrected chi connectivity index (χ4v) is 4.52. The molecule has 0 aliphatic heterocycles. The molecule has 0 bridgehead atoms. The molecule has 170 valence electrons. The van der Waals surface area contributed by atoms with Gasteiger partial charge in [-0.25, -0.2) is 22.5 Å². The molecule has 0 spiro atoms. The van der Waals surface area contributed by atoms with Gasteiger partial charge in [0.05, 0.1) is 17.6 Å². The van der Waals surface area contributed by atoms with Crippen molar-refractivity contribution >= 4 is 16.9 Å². The molecule has 0 unspecified atom stereocenters. The van der Waals surface area contributed by atoms with Crippen LogP contribution in [0.15, 0.2) is 30.3 Å². The molecule has 8 heteroatoms. The molecule has 0 N–H and O–H groups in total. The Morgan fingerprint density at radius 1 is 1.09 bits per heavy atom. The van der Waals surface area contributed by atoms with Crippen LogP contribution in [0.4, 0.5) is 17.6 Å². The van der Waals surface area contributed by atoms with E-state index >= 15 is 0 Å². The van der Waals surface area contributed by atoms with Gasteiger partial charge < -0.3 is 9.47 Å². The van der Waals surface area contributed by atoms with E-state index in [0.717, 1.165) is 37.3 Å². The van der Waals surface area contributed by atoms with Gasteiger partial charge in [-0.15, -0.1) is 0 Å². The van der Waals surface area contributed by atoms with Crippen molar-refractivity contribution in [2.45, 2.75) is 52.1 Å². The fourth-order valence-electron chi connectivity index (χ4n) is 4.52. The predicted molar refractivity (Wildman–Crippen MR) is 113 cm³/mol. The van der Waals surface area contributed by atoms with Crippen molar-refractivity contribution in [1.29, 1.82) is 0 Å². The Balaban J connectivity index is 1.78. The second-order valence-corrected chi connectivity index (χ2v) is 8.77. The smallest absolute Gasteiger partial charge is 0.260 e. The summed E-state index contributed by atoms with van der Waals surface area (Å²) >= 11 is 0. The monoisotopic (exact) mass is 447 g/mol. The highest BCUT2D eigenvalue weighted by molar-refractivity contribution is 5.94. The van der Waals surface area contributed by atoms with Crippen LogP contribution in [0.2, 0.25) is 0 Å². The van der Waals surface area contributed by atoms with Crippen molar-refractivity contribution in [2.24, 2.45) is 5.92 Å². The largest absolute Gasteiger partial charge is 0.331 e. The molecule has 4 rings (SSSR count). The molecule has 1 heterocycles. The summed E-state index contributed by atoms with van der Waals surface area (Å²) in [5.41, 5.74) is 0.306. The van der Waals surface area contributed by atoms with Crippen molar-refractivity contribution < 1.29 is 22.4 Å². The number of benzene rings is 2. The predicted octanol–water partition coefficient (Wildman–Crippen LogP) is 6.01. The molecular formula is C24H25F4N3O. The van der Waals surface area contributed by atoms with Crippen LogP contribution in [0, 0.1) is 29.2 Å². The fraction of sp³-hybridized carbons (Fsp3) is 0.417. The highest BCUT2D eigenvalue weighted by atomic mass is 19.2. The molecule has 3 aromatic rings. The van der Waals surface area contributed by atoms with Gasteiger partial charge in [0.2, 0.25) is 0 Å². The first-order chi connectivity index (χ1) is 15.3. The molecule has 2 aromatic carbocycles. The topological polar surface area (TPSA) is 38.1 Å². The first kappa shape index (κ1) is 22.3. The van der Waals surface area contributed by atoms with Crippen LogP contribution < -0.4 is 0 Å². The van der Waals surface area contributed by atoms with Gasteiger partial charge in [0.15, 0.2) is 11.6 Å². The number of carbonyl (C=O) groups is 1. The zero-order valence-electron chi connectivity index (χ0n) is 18.0. The molecular weight excluding hydrogens is 422 g/mol. The molecule has 4 nitrogen and oxygen atoms in total. The number of amides is 1. The zero-order valence-corrected chi connectivity index (χ0v) is 18.0. The van der Waals surface area contributed by atoms with Gasteiger partial charge in [0.25, 0.3) is 5.91 Å². The molecule has 0 radical (unpaired) electrons. The van der Waals surface area contributed by atoms with Gasteiger partial charge in [0.1, 0.15) is 23.0 Å². The maximum absolute atomic E-state index is 14.4. The lowest BCUT2D eigenvalue weighted by Crippen LogP contribution is -2.36. The van der Waals surface area contributed by atoms with Gasteiger partial charge in [-0.3, -0.25) is 4.79 Å². The molecule has 0 saturated heterocycles. The van der Waals surface area contributed by atoms with Gasteiger partial charge in [-0.1, -0.05) is 26.7 Å². The summed E-state index contributed by atoms with van der Waals surface area (Å²) in [5.74, 6) is -4.76. The maximum Gasteiger partial charge on any atom is 0.260 e.